The third-order valence-electron chi connectivity index (χ3n) is 1.31. The van der Waals surface area contributed by atoms with Gasteiger partial charge in [-0.05, 0) is 42.7 Å². The molecular weight excluding hydrogens is 211 g/mol. The summed E-state index contributed by atoms with van der Waals surface area (Å²) in [5.74, 6) is 0. The second kappa shape index (κ2) is 8.75. The van der Waals surface area contributed by atoms with Gasteiger partial charge in [-0.25, -0.2) is 0 Å². The number of halogens is 2. The standard InChI is InChI=1S/C7H18N2.CCl2O/c1-7(2,5-8-3)6-9-4;2-1(3)4/h8-9H,5-6H2,1-4H3;. The minimum Gasteiger partial charge on any atom is -0.319 e. The lowest BCUT2D eigenvalue weighted by atomic mass is 9.94. The van der Waals surface area contributed by atoms with Gasteiger partial charge in [0, 0.05) is 13.1 Å². The molecule has 0 atom stereocenters. The number of nitrogens with one attached hydrogen (secondary N) is 2. The van der Waals surface area contributed by atoms with Crippen LogP contribution in [0.5, 0.6) is 0 Å². The third kappa shape index (κ3) is 18.9. The van der Waals surface area contributed by atoms with E-state index < -0.39 is 4.70 Å². The lowest BCUT2D eigenvalue weighted by Crippen LogP contribution is -2.35. The molecule has 13 heavy (non-hydrogen) atoms. The van der Waals surface area contributed by atoms with Crippen LogP contribution in [-0.4, -0.2) is 31.9 Å². The highest BCUT2D eigenvalue weighted by Crippen LogP contribution is 2.10. The van der Waals surface area contributed by atoms with Crippen LogP contribution in [0, 0.1) is 5.41 Å². The number of hydrogen-bond acceptors (Lipinski definition) is 3. The van der Waals surface area contributed by atoms with Crippen molar-refractivity contribution in [2.45, 2.75) is 13.8 Å². The van der Waals surface area contributed by atoms with Gasteiger partial charge in [-0.2, -0.15) is 0 Å². The Kier molecular flexibility index (Phi) is 10.5. The van der Waals surface area contributed by atoms with Gasteiger partial charge in [-0.3, -0.25) is 4.79 Å². The Morgan fingerprint density at radius 3 is 1.54 bits per heavy atom. The predicted molar refractivity (Wildman–Crippen MR) is 58.7 cm³/mol. The van der Waals surface area contributed by atoms with E-state index in [2.05, 4.69) is 47.7 Å². The van der Waals surface area contributed by atoms with Crippen molar-refractivity contribution < 1.29 is 4.79 Å². The molecule has 0 aromatic rings. The van der Waals surface area contributed by atoms with E-state index in [0.717, 1.165) is 13.1 Å². The van der Waals surface area contributed by atoms with Gasteiger partial charge in [-0.1, -0.05) is 13.8 Å². The zero-order valence-electron chi connectivity index (χ0n) is 8.58. The third-order valence-corrected chi connectivity index (χ3v) is 1.31. The summed E-state index contributed by atoms with van der Waals surface area (Å²) in [5.41, 5.74) is 0.378. The largest absolute Gasteiger partial charge is 0.319 e. The van der Waals surface area contributed by atoms with Crippen molar-refractivity contribution in [1.29, 1.82) is 0 Å². The van der Waals surface area contributed by atoms with Crippen molar-refractivity contribution in [3.05, 3.63) is 0 Å². The van der Waals surface area contributed by atoms with Crippen LogP contribution in [0.15, 0.2) is 0 Å². The van der Waals surface area contributed by atoms with E-state index in [1.807, 2.05) is 14.1 Å². The van der Waals surface area contributed by atoms with Crippen molar-refractivity contribution in [3.8, 4) is 0 Å². The van der Waals surface area contributed by atoms with E-state index in [9.17, 15) is 0 Å². The maximum atomic E-state index is 8.98. The highest BCUT2D eigenvalue weighted by Gasteiger charge is 2.14. The first kappa shape index (κ1) is 15.6. The molecule has 2 N–H and O–H groups in total. The van der Waals surface area contributed by atoms with Crippen molar-refractivity contribution in [2.24, 2.45) is 5.41 Å². The molecular formula is C8H18Cl2N2O. The van der Waals surface area contributed by atoms with Crippen LogP contribution in [0.3, 0.4) is 0 Å². The van der Waals surface area contributed by atoms with Gasteiger partial charge in [-0.15, -0.1) is 0 Å². The van der Waals surface area contributed by atoms with Gasteiger partial charge >= 0.3 is 4.70 Å². The Bertz CT molecular complexity index is 128. The zero-order valence-corrected chi connectivity index (χ0v) is 10.1. The van der Waals surface area contributed by atoms with Gasteiger partial charge in [0.25, 0.3) is 0 Å². The van der Waals surface area contributed by atoms with Gasteiger partial charge < -0.3 is 10.6 Å². The fraction of sp³-hybridized carbons (Fsp3) is 0.875. The predicted octanol–water partition coefficient (Wildman–Crippen LogP) is 2.04. The summed E-state index contributed by atoms with van der Waals surface area (Å²) in [6.45, 7) is 6.60. The molecule has 0 aliphatic heterocycles. The van der Waals surface area contributed by atoms with E-state index in [-0.39, 0.29) is 0 Å². The lowest BCUT2D eigenvalue weighted by Gasteiger charge is -2.23. The van der Waals surface area contributed by atoms with Crippen LogP contribution in [0.4, 0.5) is 4.79 Å². The second-order valence-corrected chi connectivity index (χ2v) is 4.33. The van der Waals surface area contributed by atoms with Crippen molar-refractivity contribution >= 4 is 27.9 Å². The summed E-state index contributed by atoms with van der Waals surface area (Å²) in [6.07, 6.45) is 0. The molecule has 0 aliphatic rings. The van der Waals surface area contributed by atoms with Crippen LogP contribution in [-0.2, 0) is 0 Å². The van der Waals surface area contributed by atoms with Crippen molar-refractivity contribution in [1.82, 2.24) is 10.6 Å². The molecule has 0 saturated heterocycles. The Hall–Kier alpha value is 0.170. The molecule has 0 bridgehead atoms. The first-order chi connectivity index (χ1) is 5.85. The van der Waals surface area contributed by atoms with Gasteiger partial charge in [0.1, 0.15) is 0 Å². The lowest BCUT2D eigenvalue weighted by molar-refractivity contribution is 0.275. The van der Waals surface area contributed by atoms with E-state index in [0.29, 0.717) is 5.41 Å². The minimum absolute atomic E-state index is 0.378. The summed E-state index contributed by atoms with van der Waals surface area (Å²) >= 11 is 8.80. The topological polar surface area (TPSA) is 41.1 Å². The van der Waals surface area contributed by atoms with Gasteiger partial charge in [0.15, 0.2) is 0 Å². The van der Waals surface area contributed by atoms with Crippen molar-refractivity contribution in [3.63, 3.8) is 0 Å². The first-order valence-corrected chi connectivity index (χ1v) is 4.75. The summed E-state index contributed by atoms with van der Waals surface area (Å²) in [6, 6.07) is 0. The maximum absolute atomic E-state index is 8.98. The Morgan fingerprint density at radius 2 is 1.38 bits per heavy atom. The monoisotopic (exact) mass is 228 g/mol. The summed E-state index contributed by atoms with van der Waals surface area (Å²) in [4.78, 5) is 8.98. The minimum atomic E-state index is -0.889. The molecule has 0 spiro atoms. The quantitative estimate of drug-likeness (QED) is 0.725. The number of carbonyl (C=O) groups is 1. The second-order valence-electron chi connectivity index (χ2n) is 3.45. The molecule has 80 valence electrons. The molecule has 0 rings (SSSR count). The van der Waals surface area contributed by atoms with Crippen LogP contribution in [0.2, 0.25) is 0 Å². The fourth-order valence-corrected chi connectivity index (χ4v) is 1.02. The van der Waals surface area contributed by atoms with E-state index in [1.165, 1.54) is 0 Å². The van der Waals surface area contributed by atoms with Gasteiger partial charge in [0.2, 0.25) is 0 Å². The fourth-order valence-electron chi connectivity index (χ4n) is 1.02. The molecule has 5 heteroatoms. The molecule has 0 aliphatic carbocycles. The molecule has 0 heterocycles. The normalized spacial score (nSPS) is 10.3. The number of rotatable bonds is 4. The average Bonchev–Trinajstić information content (AvgIpc) is 1.84. The van der Waals surface area contributed by atoms with Crippen molar-refractivity contribution in [2.75, 3.05) is 27.2 Å². The smallest absolute Gasteiger partial charge is 0.313 e. The van der Waals surface area contributed by atoms with Gasteiger partial charge in [0.05, 0.1) is 0 Å². The highest BCUT2D eigenvalue weighted by atomic mass is 35.5. The Morgan fingerprint density at radius 1 is 1.15 bits per heavy atom. The molecule has 0 unspecified atom stereocenters. The molecule has 0 radical (unpaired) electrons. The number of carbonyl (C=O) groups excluding carboxylic acids is 1. The van der Waals surface area contributed by atoms with Crippen LogP contribution < -0.4 is 10.6 Å². The summed E-state index contributed by atoms with van der Waals surface area (Å²) in [7, 11) is 3.97. The van der Waals surface area contributed by atoms with E-state index in [4.69, 9.17) is 4.79 Å². The van der Waals surface area contributed by atoms with Crippen LogP contribution >= 0.6 is 23.2 Å². The molecule has 0 fully saturated rings. The Labute approximate surface area is 90.2 Å². The molecule has 0 aromatic carbocycles. The first-order valence-electron chi connectivity index (χ1n) is 4.00. The number of hydrogen-bond donors (Lipinski definition) is 2. The summed E-state index contributed by atoms with van der Waals surface area (Å²) in [5, 5.41) is 6.31. The molecule has 0 aromatic heterocycles. The highest BCUT2D eigenvalue weighted by molar-refractivity contribution is 6.93. The summed E-state index contributed by atoms with van der Waals surface area (Å²) < 4.78 is -0.889. The zero-order chi connectivity index (χ0) is 10.9. The van der Waals surface area contributed by atoms with E-state index in [1.54, 1.807) is 0 Å². The van der Waals surface area contributed by atoms with E-state index >= 15 is 0 Å². The molecule has 0 amide bonds. The molecule has 3 nitrogen and oxygen atoms in total. The SMILES string of the molecule is CNCC(C)(C)CNC.O=C(Cl)Cl. The molecule has 0 saturated carbocycles. The van der Waals surface area contributed by atoms with Crippen LogP contribution in [0.1, 0.15) is 13.8 Å². The average molecular weight is 229 g/mol. The Balaban J connectivity index is 0. The van der Waals surface area contributed by atoms with Crippen LogP contribution in [0.25, 0.3) is 0 Å². The maximum Gasteiger partial charge on any atom is 0.313 e.